The van der Waals surface area contributed by atoms with Gasteiger partial charge in [-0.3, -0.25) is 0 Å². The van der Waals surface area contributed by atoms with E-state index in [2.05, 4.69) is 10.7 Å². The third kappa shape index (κ3) is 4.14. The molecule has 8 nitrogen and oxygen atoms in total. The van der Waals surface area contributed by atoms with Crippen LogP contribution in [0.4, 0.5) is 15.9 Å². The van der Waals surface area contributed by atoms with E-state index in [0.717, 1.165) is 11.0 Å². The number of nitriles is 1. The topological polar surface area (TPSA) is 82.0 Å². The van der Waals surface area contributed by atoms with Gasteiger partial charge in [-0.05, 0) is 31.2 Å². The molecule has 2 aliphatic rings. The molecule has 0 aliphatic carbocycles. The number of benzene rings is 2. The van der Waals surface area contributed by atoms with E-state index < -0.39 is 7.36 Å². The fraction of sp³-hybridized carbons (Fsp3) is 0.320. The monoisotopic (exact) mass is 525 g/mol. The SMILES string of the molecule is Cc1nn(CCC#N)c2c1[P@](=Nc1ccccc1Cl)(N1CCOCC1)N(C)C(c1ccccc1F)=N2. The van der Waals surface area contributed by atoms with Crippen molar-refractivity contribution in [3.63, 3.8) is 0 Å². The van der Waals surface area contributed by atoms with Gasteiger partial charge in [0.15, 0.2) is 13.2 Å². The number of ether oxygens (including phenoxy) is 1. The van der Waals surface area contributed by atoms with Crippen LogP contribution in [0.1, 0.15) is 17.7 Å². The summed E-state index contributed by atoms with van der Waals surface area (Å²) in [6.07, 6.45) is 0.276. The second kappa shape index (κ2) is 10.2. The predicted molar refractivity (Wildman–Crippen MR) is 140 cm³/mol. The Hall–Kier alpha value is -3.02. The Balaban J connectivity index is 1.87. The predicted octanol–water partition coefficient (Wildman–Crippen LogP) is 5.24. The van der Waals surface area contributed by atoms with Crippen molar-refractivity contribution in [3.8, 4) is 6.07 Å². The molecular weight excluding hydrogens is 500 g/mol. The van der Waals surface area contributed by atoms with Crippen LogP contribution in [0, 0.1) is 24.1 Å². The highest BCUT2D eigenvalue weighted by molar-refractivity contribution is 7.70. The van der Waals surface area contributed by atoms with E-state index in [1.807, 2.05) is 42.9 Å². The van der Waals surface area contributed by atoms with Crippen molar-refractivity contribution in [1.82, 2.24) is 19.1 Å². The van der Waals surface area contributed by atoms with Crippen molar-refractivity contribution in [2.75, 3.05) is 33.4 Å². The molecule has 1 saturated heterocycles. The summed E-state index contributed by atoms with van der Waals surface area (Å²) in [5.74, 6) is 0.702. The van der Waals surface area contributed by atoms with Gasteiger partial charge in [-0.15, -0.1) is 0 Å². The Labute approximate surface area is 214 Å². The summed E-state index contributed by atoms with van der Waals surface area (Å²) in [7, 11) is -0.902. The van der Waals surface area contributed by atoms with Gasteiger partial charge >= 0.3 is 0 Å². The molecule has 0 unspecified atom stereocenters. The van der Waals surface area contributed by atoms with Crippen molar-refractivity contribution in [1.29, 1.82) is 5.26 Å². The zero-order valence-corrected chi connectivity index (χ0v) is 21.8. The second-order valence-electron chi connectivity index (χ2n) is 8.51. The standard InChI is InChI=1S/C25H26ClFN7OP/c1-18-23-25(34(30-18)13-7-12-28)29-24(19-8-3-5-10-21(19)27)32(2)36(23,33-14-16-35-17-15-33)31-22-11-6-4-9-20(22)26/h3-6,8-11H,7,13-17H2,1-2H3/t36-/m1/s1. The van der Waals surface area contributed by atoms with E-state index in [9.17, 15) is 5.26 Å². The number of rotatable bonds is 5. The van der Waals surface area contributed by atoms with Gasteiger partial charge in [0.1, 0.15) is 11.7 Å². The molecule has 3 heterocycles. The van der Waals surface area contributed by atoms with Crippen molar-refractivity contribution >= 4 is 41.6 Å². The molecule has 0 spiro atoms. The van der Waals surface area contributed by atoms with E-state index in [0.29, 0.717) is 60.8 Å². The van der Waals surface area contributed by atoms with Gasteiger partial charge in [-0.2, -0.15) is 10.4 Å². The lowest BCUT2D eigenvalue weighted by atomic mass is 10.2. The number of aryl methyl sites for hydroxylation is 2. The first-order chi connectivity index (χ1) is 17.5. The molecule has 5 rings (SSSR count). The smallest absolute Gasteiger partial charge is 0.165 e. The zero-order chi connectivity index (χ0) is 25.3. The van der Waals surface area contributed by atoms with Gasteiger partial charge in [-0.25, -0.2) is 23.5 Å². The number of aliphatic imine (C=N–C) groups is 1. The average Bonchev–Trinajstić information content (AvgIpc) is 3.21. The lowest BCUT2D eigenvalue weighted by Gasteiger charge is -2.46. The summed E-state index contributed by atoms with van der Waals surface area (Å²) >= 11 is 6.63. The third-order valence-electron chi connectivity index (χ3n) is 6.34. The van der Waals surface area contributed by atoms with Crippen LogP contribution in [-0.4, -0.2) is 58.3 Å². The van der Waals surface area contributed by atoms with Crippen molar-refractivity contribution < 1.29 is 9.13 Å². The van der Waals surface area contributed by atoms with Crippen LogP contribution in [-0.2, 0) is 11.3 Å². The number of aromatic nitrogens is 2. The van der Waals surface area contributed by atoms with Crippen LogP contribution < -0.4 is 5.30 Å². The Morgan fingerprint density at radius 3 is 2.61 bits per heavy atom. The number of nitrogens with zero attached hydrogens (tertiary/aromatic N) is 7. The van der Waals surface area contributed by atoms with Crippen LogP contribution in [0.2, 0.25) is 5.02 Å². The van der Waals surface area contributed by atoms with Gasteiger partial charge < -0.3 is 9.41 Å². The Morgan fingerprint density at radius 1 is 1.17 bits per heavy atom. The van der Waals surface area contributed by atoms with Gasteiger partial charge in [0.25, 0.3) is 0 Å². The third-order valence-corrected chi connectivity index (χ3v) is 10.5. The highest BCUT2D eigenvalue weighted by Crippen LogP contribution is 2.62. The molecule has 2 aliphatic heterocycles. The molecule has 1 atom stereocenters. The highest BCUT2D eigenvalue weighted by atomic mass is 35.5. The molecule has 36 heavy (non-hydrogen) atoms. The molecule has 0 bridgehead atoms. The molecule has 11 heteroatoms. The Kier molecular flexibility index (Phi) is 6.96. The summed E-state index contributed by atoms with van der Waals surface area (Å²) < 4.78 is 32.4. The second-order valence-corrected chi connectivity index (χ2v) is 11.9. The van der Waals surface area contributed by atoms with Gasteiger partial charge in [0.05, 0.1) is 59.5 Å². The Morgan fingerprint density at radius 2 is 1.89 bits per heavy atom. The summed E-state index contributed by atoms with van der Waals surface area (Å²) in [6.45, 7) is 4.70. The molecule has 0 N–H and O–H groups in total. The van der Waals surface area contributed by atoms with E-state index in [1.54, 1.807) is 22.9 Å². The molecular formula is C25H26ClFN7OP. The minimum atomic E-state index is -2.82. The first-order valence-corrected chi connectivity index (χ1v) is 13.7. The fourth-order valence-electron chi connectivity index (χ4n) is 4.69. The summed E-state index contributed by atoms with van der Waals surface area (Å²) in [5.41, 5.74) is 1.81. The maximum atomic E-state index is 15.2. The minimum absolute atomic E-state index is 0.276. The van der Waals surface area contributed by atoms with Gasteiger partial charge in [-0.1, -0.05) is 35.9 Å². The molecule has 1 fully saturated rings. The molecule has 0 radical (unpaired) electrons. The zero-order valence-electron chi connectivity index (χ0n) is 20.1. The number of halogens is 2. The summed E-state index contributed by atoms with van der Waals surface area (Å²) in [5, 5.41) is 15.5. The molecule has 1 aromatic heterocycles. The molecule has 2 aromatic carbocycles. The first-order valence-electron chi connectivity index (χ1n) is 11.7. The molecule has 3 aromatic rings. The fourth-order valence-corrected chi connectivity index (χ4v) is 8.78. The Bertz CT molecular complexity index is 1420. The molecule has 0 saturated carbocycles. The van der Waals surface area contributed by atoms with Crippen LogP contribution in [0.3, 0.4) is 0 Å². The quantitative estimate of drug-likeness (QED) is 0.425. The van der Waals surface area contributed by atoms with Gasteiger partial charge in [0.2, 0.25) is 0 Å². The lowest BCUT2D eigenvalue weighted by Crippen LogP contribution is -2.45. The lowest BCUT2D eigenvalue weighted by molar-refractivity contribution is 0.0732. The number of fused-ring (bicyclic) bond motifs is 1. The average molecular weight is 526 g/mol. The molecule has 186 valence electrons. The van der Waals surface area contributed by atoms with Crippen LogP contribution in [0.15, 0.2) is 58.3 Å². The first kappa shape index (κ1) is 24.7. The number of hydrogen-bond donors (Lipinski definition) is 0. The van der Waals surface area contributed by atoms with Crippen LogP contribution in [0.25, 0.3) is 0 Å². The number of amidine groups is 1. The largest absolute Gasteiger partial charge is 0.379 e. The number of hydrogen-bond acceptors (Lipinski definition) is 5. The molecule has 0 amide bonds. The van der Waals surface area contributed by atoms with Crippen LogP contribution >= 0.6 is 19.0 Å². The minimum Gasteiger partial charge on any atom is -0.379 e. The van der Waals surface area contributed by atoms with E-state index >= 15 is 4.39 Å². The summed E-state index contributed by atoms with van der Waals surface area (Å²) in [6, 6.07) is 16.3. The number of morpholine rings is 1. The van der Waals surface area contributed by atoms with E-state index in [4.69, 9.17) is 31.2 Å². The summed E-state index contributed by atoms with van der Waals surface area (Å²) in [4.78, 5) is 4.96. The van der Waals surface area contributed by atoms with Crippen molar-refractivity contribution in [3.05, 3.63) is 70.6 Å². The highest BCUT2D eigenvalue weighted by Gasteiger charge is 2.45. The maximum absolute atomic E-state index is 15.2. The van der Waals surface area contributed by atoms with Crippen molar-refractivity contribution in [2.24, 2.45) is 9.74 Å². The van der Waals surface area contributed by atoms with E-state index in [1.165, 1.54) is 6.07 Å². The van der Waals surface area contributed by atoms with Crippen molar-refractivity contribution in [2.45, 2.75) is 19.9 Å². The van der Waals surface area contributed by atoms with Gasteiger partial charge in [0, 0.05) is 20.1 Å². The normalized spacial score (nSPS) is 20.0. The van der Waals surface area contributed by atoms with E-state index in [-0.39, 0.29) is 12.2 Å². The maximum Gasteiger partial charge on any atom is 0.165 e. The van der Waals surface area contributed by atoms with Crippen LogP contribution in [0.5, 0.6) is 0 Å².